The summed E-state index contributed by atoms with van der Waals surface area (Å²) in [6.07, 6.45) is 21.4. The van der Waals surface area contributed by atoms with Crippen LogP contribution in [0.2, 0.25) is 0 Å². The van der Waals surface area contributed by atoms with Crippen molar-refractivity contribution in [3.05, 3.63) is 11.6 Å². The van der Waals surface area contributed by atoms with Gasteiger partial charge in [-0.3, -0.25) is 0 Å². The van der Waals surface area contributed by atoms with E-state index in [1.807, 2.05) is 0 Å². The number of allylic oxidation sites excluding steroid dienone is 1. The molecule has 31 heavy (non-hydrogen) atoms. The molecular formula is C29H50O2. The molecule has 0 heterocycles. The van der Waals surface area contributed by atoms with Crippen LogP contribution in [0.5, 0.6) is 0 Å². The van der Waals surface area contributed by atoms with E-state index >= 15 is 0 Å². The predicted octanol–water partition coefficient (Wildman–Crippen LogP) is 7.28. The van der Waals surface area contributed by atoms with Gasteiger partial charge in [-0.05, 0) is 117 Å². The summed E-state index contributed by atoms with van der Waals surface area (Å²) in [5, 5.41) is 20.8. The molecule has 0 radical (unpaired) electrons. The second-order valence-electron chi connectivity index (χ2n) is 12.5. The van der Waals surface area contributed by atoms with Crippen molar-refractivity contribution in [2.24, 2.45) is 40.4 Å². The number of hydrogen-bond donors (Lipinski definition) is 2. The van der Waals surface area contributed by atoms with Gasteiger partial charge in [0.1, 0.15) is 0 Å². The standard InChI is InChI=1S/C28H46O2.CH4/c1-27-17-15-25-23(12-10-21-18-22(29)14-16-28(21,25)2)24(27)13-11-20(27)8-5-9-26(30)19-6-3-4-7-19;/h10,19-20,22-26,29-30H,3-9,11-18H2,1-2H3;1H4/t20?,22?,23?,24?,25?,26?,27?,28-;/m0./s1. The number of rotatable bonds is 5. The van der Waals surface area contributed by atoms with Gasteiger partial charge in [-0.2, -0.15) is 0 Å². The summed E-state index contributed by atoms with van der Waals surface area (Å²) in [7, 11) is 0. The van der Waals surface area contributed by atoms with Gasteiger partial charge < -0.3 is 10.2 Å². The van der Waals surface area contributed by atoms with Crippen LogP contribution >= 0.6 is 0 Å². The molecule has 0 aromatic rings. The van der Waals surface area contributed by atoms with Crippen LogP contribution in [0.15, 0.2) is 11.6 Å². The van der Waals surface area contributed by atoms with Crippen molar-refractivity contribution in [2.45, 2.75) is 130 Å². The van der Waals surface area contributed by atoms with E-state index in [1.54, 1.807) is 5.57 Å². The van der Waals surface area contributed by atoms with Gasteiger partial charge in [0.25, 0.3) is 0 Å². The molecule has 2 nitrogen and oxygen atoms in total. The zero-order valence-electron chi connectivity index (χ0n) is 19.6. The van der Waals surface area contributed by atoms with Crippen molar-refractivity contribution in [2.75, 3.05) is 0 Å². The minimum Gasteiger partial charge on any atom is -0.393 e. The highest BCUT2D eigenvalue weighted by Gasteiger charge is 2.58. The van der Waals surface area contributed by atoms with E-state index in [-0.39, 0.29) is 19.6 Å². The lowest BCUT2D eigenvalue weighted by atomic mass is 9.47. The molecule has 2 N–H and O–H groups in total. The van der Waals surface area contributed by atoms with E-state index in [4.69, 9.17) is 0 Å². The maximum Gasteiger partial charge on any atom is 0.0577 e. The Hall–Kier alpha value is -0.340. The molecule has 5 aliphatic carbocycles. The van der Waals surface area contributed by atoms with Crippen LogP contribution < -0.4 is 0 Å². The lowest BCUT2D eigenvalue weighted by Crippen LogP contribution is -2.50. The fourth-order valence-corrected chi connectivity index (χ4v) is 9.38. The van der Waals surface area contributed by atoms with Crippen molar-refractivity contribution in [1.29, 1.82) is 0 Å². The summed E-state index contributed by atoms with van der Waals surface area (Å²) in [6.45, 7) is 5.19. The molecule has 0 spiro atoms. The van der Waals surface area contributed by atoms with Crippen molar-refractivity contribution < 1.29 is 10.2 Å². The molecule has 0 aromatic carbocycles. The van der Waals surface area contributed by atoms with Crippen LogP contribution in [-0.2, 0) is 0 Å². The smallest absolute Gasteiger partial charge is 0.0577 e. The third-order valence-electron chi connectivity index (χ3n) is 11.3. The van der Waals surface area contributed by atoms with Crippen LogP contribution in [0.4, 0.5) is 0 Å². The average Bonchev–Trinajstić information content (AvgIpc) is 3.37. The van der Waals surface area contributed by atoms with Gasteiger partial charge >= 0.3 is 0 Å². The van der Waals surface area contributed by atoms with Crippen LogP contribution in [0.25, 0.3) is 0 Å². The molecule has 4 fully saturated rings. The fraction of sp³-hybridized carbons (Fsp3) is 0.931. The van der Waals surface area contributed by atoms with E-state index in [0.29, 0.717) is 16.7 Å². The quantitative estimate of drug-likeness (QED) is 0.450. The zero-order valence-corrected chi connectivity index (χ0v) is 19.6. The lowest BCUT2D eigenvalue weighted by Gasteiger charge is -2.58. The molecule has 0 saturated heterocycles. The minimum absolute atomic E-state index is 0. The molecule has 0 aromatic heterocycles. The summed E-state index contributed by atoms with van der Waals surface area (Å²) >= 11 is 0. The Morgan fingerprint density at radius 1 is 1.00 bits per heavy atom. The molecule has 5 aliphatic rings. The number of fused-ring (bicyclic) bond motifs is 5. The fourth-order valence-electron chi connectivity index (χ4n) is 9.38. The van der Waals surface area contributed by atoms with E-state index in [1.165, 1.54) is 77.0 Å². The molecule has 178 valence electrons. The summed E-state index contributed by atoms with van der Waals surface area (Å²) in [5.74, 6) is 4.12. The van der Waals surface area contributed by atoms with Crippen molar-refractivity contribution in [3.8, 4) is 0 Å². The number of hydrogen-bond acceptors (Lipinski definition) is 2. The molecule has 4 saturated carbocycles. The Morgan fingerprint density at radius 2 is 1.77 bits per heavy atom. The van der Waals surface area contributed by atoms with Gasteiger partial charge in [0.2, 0.25) is 0 Å². The van der Waals surface area contributed by atoms with Crippen molar-refractivity contribution >= 4 is 0 Å². The molecule has 2 heteroatoms. The first kappa shape index (κ1) is 23.8. The van der Waals surface area contributed by atoms with Gasteiger partial charge in [-0.15, -0.1) is 0 Å². The van der Waals surface area contributed by atoms with E-state index < -0.39 is 0 Å². The minimum atomic E-state index is -0.0924. The maximum atomic E-state index is 10.6. The summed E-state index contributed by atoms with van der Waals surface area (Å²) in [6, 6.07) is 0. The predicted molar refractivity (Wildman–Crippen MR) is 130 cm³/mol. The maximum absolute atomic E-state index is 10.6. The van der Waals surface area contributed by atoms with Crippen LogP contribution in [-0.4, -0.2) is 22.4 Å². The molecule has 0 bridgehead atoms. The Morgan fingerprint density at radius 3 is 2.55 bits per heavy atom. The topological polar surface area (TPSA) is 40.5 Å². The highest BCUT2D eigenvalue weighted by Crippen LogP contribution is 2.66. The Labute approximate surface area is 192 Å². The van der Waals surface area contributed by atoms with Gasteiger partial charge in [0.15, 0.2) is 0 Å². The molecular weight excluding hydrogens is 380 g/mol. The number of aliphatic hydroxyl groups is 2. The Kier molecular flexibility index (Phi) is 7.01. The highest BCUT2D eigenvalue weighted by atomic mass is 16.3. The molecule has 5 rings (SSSR count). The van der Waals surface area contributed by atoms with Crippen LogP contribution in [0.1, 0.15) is 118 Å². The molecule has 7 unspecified atom stereocenters. The van der Waals surface area contributed by atoms with Gasteiger partial charge in [-0.1, -0.05) is 52.2 Å². The first-order chi connectivity index (χ1) is 14.4. The third kappa shape index (κ3) is 4.07. The van der Waals surface area contributed by atoms with Crippen LogP contribution in [0, 0.1) is 40.4 Å². The van der Waals surface area contributed by atoms with Gasteiger partial charge in [0.05, 0.1) is 12.2 Å². The van der Waals surface area contributed by atoms with Crippen molar-refractivity contribution in [3.63, 3.8) is 0 Å². The summed E-state index contributed by atoms with van der Waals surface area (Å²) in [4.78, 5) is 0. The van der Waals surface area contributed by atoms with Gasteiger partial charge in [0, 0.05) is 0 Å². The van der Waals surface area contributed by atoms with E-state index in [2.05, 4.69) is 19.9 Å². The largest absolute Gasteiger partial charge is 0.393 e. The second-order valence-corrected chi connectivity index (χ2v) is 12.5. The first-order valence-corrected chi connectivity index (χ1v) is 13.5. The number of aliphatic hydroxyl groups excluding tert-OH is 2. The monoisotopic (exact) mass is 430 g/mol. The van der Waals surface area contributed by atoms with Gasteiger partial charge in [-0.25, -0.2) is 0 Å². The van der Waals surface area contributed by atoms with E-state index in [9.17, 15) is 10.2 Å². The molecule has 0 amide bonds. The average molecular weight is 431 g/mol. The SMILES string of the molecule is C.CC12CCC3C(CC=C4CC(O)CC[C@@]43C)C1CCC2CCCC(O)C1CCCC1. The summed E-state index contributed by atoms with van der Waals surface area (Å²) < 4.78 is 0. The Balaban J connectivity index is 0.00000231. The molecule has 0 aliphatic heterocycles. The third-order valence-corrected chi connectivity index (χ3v) is 11.3. The zero-order chi connectivity index (χ0) is 20.9. The van der Waals surface area contributed by atoms with Crippen molar-refractivity contribution in [1.82, 2.24) is 0 Å². The molecule has 8 atom stereocenters. The Bertz CT molecular complexity index is 649. The second kappa shape index (κ2) is 9.13. The normalized spacial score (nSPS) is 45.8. The lowest BCUT2D eigenvalue weighted by molar-refractivity contribution is -0.0512. The first-order valence-electron chi connectivity index (χ1n) is 13.5. The highest BCUT2D eigenvalue weighted by molar-refractivity contribution is 5.25. The van der Waals surface area contributed by atoms with E-state index in [0.717, 1.165) is 42.9 Å². The summed E-state index contributed by atoms with van der Waals surface area (Å²) in [5.41, 5.74) is 2.50. The van der Waals surface area contributed by atoms with Crippen LogP contribution in [0.3, 0.4) is 0 Å².